The summed E-state index contributed by atoms with van der Waals surface area (Å²) in [6.07, 6.45) is 0. The molecule has 1 heterocycles. The summed E-state index contributed by atoms with van der Waals surface area (Å²) in [5, 5.41) is 6.44. The predicted octanol–water partition coefficient (Wildman–Crippen LogP) is 3.34. The second-order valence-corrected chi connectivity index (χ2v) is 7.66. The van der Waals surface area contributed by atoms with Crippen LogP contribution in [0.15, 0.2) is 41.4 Å². The number of urea groups is 1. The third-order valence-electron chi connectivity index (χ3n) is 2.96. The molecule has 0 saturated carbocycles. The van der Waals surface area contributed by atoms with Crippen LogP contribution in [0.2, 0.25) is 0 Å². The quantitative estimate of drug-likeness (QED) is 0.846. The van der Waals surface area contributed by atoms with Crippen molar-refractivity contribution in [1.29, 1.82) is 0 Å². The van der Waals surface area contributed by atoms with Gasteiger partial charge in [0.2, 0.25) is 5.91 Å². The van der Waals surface area contributed by atoms with Crippen molar-refractivity contribution >= 4 is 34.6 Å². The molecule has 1 aromatic heterocycles. The molecule has 2 aromatic rings. The standard InChI is InChI=1S/C17H21N3O2S/c1-11(15(21)19-16(22)20-17(2,3)4)23-14-10-9-12-7-5-6-8-13(12)18-14/h5-11H,1-4H3,(H2,19,20,21,22). The van der Waals surface area contributed by atoms with Gasteiger partial charge >= 0.3 is 6.03 Å². The van der Waals surface area contributed by atoms with Crippen LogP contribution in [0.1, 0.15) is 27.7 Å². The van der Waals surface area contributed by atoms with Crippen LogP contribution in [0.4, 0.5) is 4.79 Å². The Kier molecular flexibility index (Phi) is 5.26. The van der Waals surface area contributed by atoms with Gasteiger partial charge in [-0.15, -0.1) is 0 Å². The molecule has 0 aliphatic heterocycles. The molecule has 1 atom stereocenters. The van der Waals surface area contributed by atoms with Crippen LogP contribution in [-0.4, -0.2) is 27.7 Å². The molecule has 5 nitrogen and oxygen atoms in total. The summed E-state index contributed by atoms with van der Waals surface area (Å²) >= 11 is 1.32. The number of nitrogens with one attached hydrogen (secondary N) is 2. The van der Waals surface area contributed by atoms with Crippen molar-refractivity contribution in [3.8, 4) is 0 Å². The molecule has 0 aliphatic carbocycles. The van der Waals surface area contributed by atoms with Gasteiger partial charge in [-0.2, -0.15) is 0 Å². The van der Waals surface area contributed by atoms with E-state index in [-0.39, 0.29) is 11.4 Å². The predicted molar refractivity (Wildman–Crippen MR) is 93.5 cm³/mol. The second kappa shape index (κ2) is 7.00. The fourth-order valence-corrected chi connectivity index (χ4v) is 2.76. The number of carbonyl (C=O) groups excluding carboxylic acids is 2. The van der Waals surface area contributed by atoms with Crippen molar-refractivity contribution < 1.29 is 9.59 Å². The summed E-state index contributed by atoms with van der Waals surface area (Å²) in [6.45, 7) is 7.32. The number of para-hydroxylation sites is 1. The molecule has 2 rings (SSSR count). The average Bonchev–Trinajstić information content (AvgIpc) is 2.45. The van der Waals surface area contributed by atoms with Gasteiger partial charge in [0.25, 0.3) is 0 Å². The molecule has 1 aromatic carbocycles. The fourth-order valence-electron chi connectivity index (χ4n) is 1.93. The van der Waals surface area contributed by atoms with Crippen LogP contribution in [0.3, 0.4) is 0 Å². The fraction of sp³-hybridized carbons (Fsp3) is 0.353. The molecule has 0 spiro atoms. The van der Waals surface area contributed by atoms with Gasteiger partial charge in [-0.05, 0) is 39.8 Å². The Balaban J connectivity index is 1.98. The maximum atomic E-state index is 12.1. The summed E-state index contributed by atoms with van der Waals surface area (Å²) in [4.78, 5) is 28.3. The molecular weight excluding hydrogens is 310 g/mol. The molecule has 0 bridgehead atoms. The maximum Gasteiger partial charge on any atom is 0.321 e. The van der Waals surface area contributed by atoms with Crippen molar-refractivity contribution in [3.05, 3.63) is 36.4 Å². The van der Waals surface area contributed by atoms with Gasteiger partial charge in [-0.1, -0.05) is 36.0 Å². The van der Waals surface area contributed by atoms with E-state index >= 15 is 0 Å². The van der Waals surface area contributed by atoms with E-state index in [1.165, 1.54) is 11.8 Å². The molecular formula is C17H21N3O2S. The van der Waals surface area contributed by atoms with Gasteiger partial charge in [0.05, 0.1) is 15.8 Å². The van der Waals surface area contributed by atoms with Crippen molar-refractivity contribution in [3.63, 3.8) is 0 Å². The Bertz CT molecular complexity index is 725. The van der Waals surface area contributed by atoms with Crippen molar-refractivity contribution in [2.24, 2.45) is 0 Å². The van der Waals surface area contributed by atoms with E-state index in [0.29, 0.717) is 0 Å². The number of hydrogen-bond acceptors (Lipinski definition) is 4. The first kappa shape index (κ1) is 17.3. The molecule has 6 heteroatoms. The number of hydrogen-bond donors (Lipinski definition) is 2. The zero-order chi connectivity index (χ0) is 17.0. The third-order valence-corrected chi connectivity index (χ3v) is 4.00. The minimum atomic E-state index is -0.485. The van der Waals surface area contributed by atoms with E-state index < -0.39 is 11.3 Å². The summed E-state index contributed by atoms with van der Waals surface area (Å²) in [5.41, 5.74) is 0.497. The van der Waals surface area contributed by atoms with Gasteiger partial charge in [-0.3, -0.25) is 10.1 Å². The Morgan fingerprint density at radius 2 is 1.83 bits per heavy atom. The van der Waals surface area contributed by atoms with Crippen LogP contribution in [0.25, 0.3) is 10.9 Å². The lowest BCUT2D eigenvalue weighted by molar-refractivity contribution is -0.119. The Morgan fingerprint density at radius 3 is 2.52 bits per heavy atom. The minimum absolute atomic E-state index is 0.341. The molecule has 0 fully saturated rings. The zero-order valence-electron chi connectivity index (χ0n) is 13.7. The molecule has 3 amide bonds. The third kappa shape index (κ3) is 5.25. The Labute approximate surface area is 140 Å². The molecule has 0 radical (unpaired) electrons. The van der Waals surface area contributed by atoms with Gasteiger partial charge in [0.1, 0.15) is 0 Å². The first-order valence-corrected chi connectivity index (χ1v) is 8.28. The maximum absolute atomic E-state index is 12.1. The SMILES string of the molecule is CC(Sc1ccc2ccccc2n1)C(=O)NC(=O)NC(C)(C)C. The number of aromatic nitrogens is 1. The smallest absolute Gasteiger partial charge is 0.321 e. The van der Waals surface area contributed by atoms with E-state index in [0.717, 1.165) is 15.9 Å². The van der Waals surface area contributed by atoms with E-state index in [4.69, 9.17) is 0 Å². The highest BCUT2D eigenvalue weighted by atomic mass is 32.2. The van der Waals surface area contributed by atoms with Crippen LogP contribution >= 0.6 is 11.8 Å². The van der Waals surface area contributed by atoms with E-state index in [1.54, 1.807) is 6.92 Å². The number of thioether (sulfide) groups is 1. The van der Waals surface area contributed by atoms with Gasteiger partial charge in [-0.25, -0.2) is 9.78 Å². The monoisotopic (exact) mass is 331 g/mol. The van der Waals surface area contributed by atoms with Gasteiger partial charge in [0.15, 0.2) is 0 Å². The second-order valence-electron chi connectivity index (χ2n) is 6.30. The molecule has 1 unspecified atom stereocenters. The number of fused-ring (bicyclic) bond motifs is 1. The van der Waals surface area contributed by atoms with E-state index in [9.17, 15) is 9.59 Å². The van der Waals surface area contributed by atoms with Crippen molar-refractivity contribution in [1.82, 2.24) is 15.6 Å². The molecule has 2 N–H and O–H groups in total. The number of pyridine rings is 1. The van der Waals surface area contributed by atoms with Crippen LogP contribution in [0, 0.1) is 0 Å². The number of amides is 3. The average molecular weight is 331 g/mol. The largest absolute Gasteiger partial charge is 0.333 e. The lowest BCUT2D eigenvalue weighted by Crippen LogP contribution is -2.49. The molecule has 0 aliphatic rings. The highest BCUT2D eigenvalue weighted by Crippen LogP contribution is 2.23. The lowest BCUT2D eigenvalue weighted by Gasteiger charge is -2.21. The molecule has 23 heavy (non-hydrogen) atoms. The normalized spacial score (nSPS) is 12.7. The lowest BCUT2D eigenvalue weighted by atomic mass is 10.1. The zero-order valence-corrected chi connectivity index (χ0v) is 14.5. The number of rotatable bonds is 3. The number of nitrogens with zero attached hydrogens (tertiary/aromatic N) is 1. The van der Waals surface area contributed by atoms with Gasteiger partial charge in [0, 0.05) is 10.9 Å². The Morgan fingerprint density at radius 1 is 1.13 bits per heavy atom. The first-order chi connectivity index (χ1) is 10.7. The Hall–Kier alpha value is -2.08. The van der Waals surface area contributed by atoms with Crippen LogP contribution in [-0.2, 0) is 4.79 Å². The number of carbonyl (C=O) groups is 2. The van der Waals surface area contributed by atoms with Crippen LogP contribution < -0.4 is 10.6 Å². The number of imide groups is 1. The molecule has 0 saturated heterocycles. The highest BCUT2D eigenvalue weighted by Gasteiger charge is 2.20. The highest BCUT2D eigenvalue weighted by molar-refractivity contribution is 8.00. The van der Waals surface area contributed by atoms with E-state index in [2.05, 4.69) is 15.6 Å². The summed E-state index contributed by atoms with van der Waals surface area (Å²) in [6, 6.07) is 11.2. The topological polar surface area (TPSA) is 71.1 Å². The summed E-state index contributed by atoms with van der Waals surface area (Å²) in [7, 11) is 0. The first-order valence-electron chi connectivity index (χ1n) is 7.40. The van der Waals surface area contributed by atoms with Crippen molar-refractivity contribution in [2.45, 2.75) is 43.5 Å². The van der Waals surface area contributed by atoms with Gasteiger partial charge < -0.3 is 5.32 Å². The molecule has 122 valence electrons. The summed E-state index contributed by atoms with van der Waals surface area (Å²) < 4.78 is 0. The minimum Gasteiger partial charge on any atom is -0.333 e. The summed E-state index contributed by atoms with van der Waals surface area (Å²) in [5.74, 6) is -0.341. The number of benzene rings is 1. The van der Waals surface area contributed by atoms with E-state index in [1.807, 2.05) is 57.2 Å². The van der Waals surface area contributed by atoms with Crippen molar-refractivity contribution in [2.75, 3.05) is 0 Å². The van der Waals surface area contributed by atoms with Crippen LogP contribution in [0.5, 0.6) is 0 Å².